The van der Waals surface area contributed by atoms with E-state index in [0.29, 0.717) is 58.8 Å². The van der Waals surface area contributed by atoms with Gasteiger partial charge in [0.15, 0.2) is 0 Å². The fraction of sp³-hybridized carbons (Fsp3) is 0.333. The molecule has 10 nitrogen and oxygen atoms in total. The Morgan fingerprint density at radius 2 is 0.383 bits per heavy atom. The zero-order chi connectivity index (χ0) is 40.6. The zero-order valence-corrected chi connectivity index (χ0v) is 39.9. The van der Waals surface area contributed by atoms with Crippen LogP contribution in [0.3, 0.4) is 0 Å². The first-order valence-electron chi connectivity index (χ1n) is 19.5. The van der Waals surface area contributed by atoms with Gasteiger partial charge in [-0.15, -0.1) is 0 Å². The number of rotatable bonds is 5. The molecule has 0 atom stereocenters. The first kappa shape index (κ1) is 39.4. The lowest BCUT2D eigenvalue weighted by Crippen LogP contribution is -2.21. The summed E-state index contributed by atoms with van der Waals surface area (Å²) in [5, 5.41) is 2.54. The molecule has 0 spiro atoms. The number of ether oxygens (including phenoxy) is 10. The highest BCUT2D eigenvalue weighted by molar-refractivity contribution is 9.09. The van der Waals surface area contributed by atoms with Gasteiger partial charge in [0.05, 0.1) is 0 Å². The van der Waals surface area contributed by atoms with Crippen LogP contribution in [0.15, 0.2) is 30.3 Å². The minimum atomic E-state index is 0.00603. The first-order chi connectivity index (χ1) is 29.5. The monoisotopic (exact) mass is 1130 g/mol. The number of hydrogen-bond donors (Lipinski definition) is 0. The summed E-state index contributed by atoms with van der Waals surface area (Å²) in [5.41, 5.74) is 15.0. The topological polar surface area (TPSA) is 92.3 Å². The Balaban J connectivity index is 1.21. The highest BCUT2D eigenvalue weighted by atomic mass is 79.9. The van der Waals surface area contributed by atoms with Crippen molar-refractivity contribution in [2.75, 3.05) is 34.0 Å². The van der Waals surface area contributed by atoms with Gasteiger partial charge in [0, 0.05) is 86.6 Å². The van der Waals surface area contributed by atoms with Crippen molar-refractivity contribution < 1.29 is 47.4 Å². The van der Waals surface area contributed by atoms with Crippen molar-refractivity contribution in [3.05, 3.63) is 114 Å². The standard InChI is InChI=1S/C45H35Br5O10/c46-11-31-36-21-1-22-7-24-3-26-9-28-5-30-10-29-4-27-8-25-2-23(6-21)38(53-16-51-36)32(12-47)40(25)55-18-57-42(27)34(14-49)44(29)59-20-60-45(30)35(15-50)43(28)58-19-56-41(26)33(13-48)39(24)54-17-52-37(22)31/h1-5H,6-20H2. The summed E-state index contributed by atoms with van der Waals surface area (Å²) in [7, 11) is 0. The molecule has 0 radical (unpaired) electrons. The molecule has 5 heterocycles. The molecule has 1 aliphatic carbocycles. The number of halogens is 5. The third-order valence-corrected chi connectivity index (χ3v) is 14.8. The minimum Gasteiger partial charge on any atom is -0.457 e. The number of alkyl halides is 5. The summed E-state index contributed by atoms with van der Waals surface area (Å²) in [6.07, 6.45) is 2.79. The van der Waals surface area contributed by atoms with Crippen LogP contribution in [0.2, 0.25) is 0 Å². The lowest BCUT2D eigenvalue weighted by Gasteiger charge is -2.31. The molecule has 5 aromatic carbocycles. The van der Waals surface area contributed by atoms with Crippen LogP contribution in [-0.2, 0) is 58.8 Å². The average molecular weight is 1140 g/mol. The van der Waals surface area contributed by atoms with E-state index in [2.05, 4.69) is 110 Å². The van der Waals surface area contributed by atoms with Crippen LogP contribution in [0.1, 0.15) is 83.5 Å². The molecule has 15 heteroatoms. The Kier molecular flexibility index (Phi) is 10.5. The van der Waals surface area contributed by atoms with Gasteiger partial charge in [0.25, 0.3) is 0 Å². The quantitative estimate of drug-likeness (QED) is 0.155. The molecule has 10 bridgehead atoms. The normalized spacial score (nSPS) is 16.1. The van der Waals surface area contributed by atoms with E-state index in [1.165, 1.54) is 0 Å². The summed E-state index contributed by atoms with van der Waals surface area (Å²) in [6.45, 7) is 0.0302. The van der Waals surface area contributed by atoms with Gasteiger partial charge in [-0.25, -0.2) is 0 Å². The molecule has 0 aromatic heterocycles. The van der Waals surface area contributed by atoms with E-state index < -0.39 is 0 Å². The van der Waals surface area contributed by atoms with Crippen LogP contribution >= 0.6 is 79.6 Å². The third kappa shape index (κ3) is 6.37. The van der Waals surface area contributed by atoms with E-state index >= 15 is 0 Å². The van der Waals surface area contributed by atoms with Crippen molar-refractivity contribution in [2.45, 2.75) is 58.8 Å². The van der Waals surface area contributed by atoms with Crippen molar-refractivity contribution in [3.63, 3.8) is 0 Å². The lowest BCUT2D eigenvalue weighted by molar-refractivity contribution is 0.0978. The van der Waals surface area contributed by atoms with Gasteiger partial charge in [-0.05, 0) is 86.0 Å². The van der Waals surface area contributed by atoms with Crippen molar-refractivity contribution in [2.24, 2.45) is 0 Å². The molecule has 0 unspecified atom stereocenters. The van der Waals surface area contributed by atoms with Crippen LogP contribution in [0.4, 0.5) is 0 Å². The lowest BCUT2D eigenvalue weighted by atomic mass is 9.87. The van der Waals surface area contributed by atoms with Crippen LogP contribution < -0.4 is 47.4 Å². The SMILES string of the molecule is BrCc1c2c3cc4c1OCOc1c(cc5c(c1CBr)OCOc1c(cc6c(c1CBr)OCOc1c(cc7c(c1CBr)OCOc1c(cc(c(c1CBr)OCO2)C3)C7)C6)C5)C4. The fourth-order valence-corrected chi connectivity index (χ4v) is 12.2. The molecule has 5 aliphatic heterocycles. The van der Waals surface area contributed by atoms with Gasteiger partial charge in [0.2, 0.25) is 34.0 Å². The van der Waals surface area contributed by atoms with Crippen molar-refractivity contribution >= 4 is 79.6 Å². The van der Waals surface area contributed by atoms with E-state index in [9.17, 15) is 0 Å². The fourth-order valence-electron chi connectivity index (χ4n) is 9.64. The second-order valence-corrected chi connectivity index (χ2v) is 18.0. The van der Waals surface area contributed by atoms with Gasteiger partial charge in [-0.1, -0.05) is 79.6 Å². The predicted molar refractivity (Wildman–Crippen MR) is 240 cm³/mol. The molecule has 5 aromatic rings. The molecule has 60 heavy (non-hydrogen) atoms. The summed E-state index contributed by atoms with van der Waals surface area (Å²) >= 11 is 19.0. The molecule has 0 saturated heterocycles. The summed E-state index contributed by atoms with van der Waals surface area (Å²) in [6, 6.07) is 11.2. The van der Waals surface area contributed by atoms with Crippen LogP contribution in [0, 0.1) is 0 Å². The van der Waals surface area contributed by atoms with Gasteiger partial charge in [-0.3, -0.25) is 0 Å². The maximum Gasteiger partial charge on any atom is 0.230 e. The second-order valence-electron chi connectivity index (χ2n) is 15.2. The molecule has 0 amide bonds. The van der Waals surface area contributed by atoms with E-state index in [4.69, 9.17) is 47.4 Å². The van der Waals surface area contributed by atoms with Crippen LogP contribution in [-0.4, -0.2) is 34.0 Å². The Labute approximate surface area is 388 Å². The summed E-state index contributed by atoms with van der Waals surface area (Å²) in [5.74, 6) is 7.44. The van der Waals surface area contributed by atoms with Gasteiger partial charge >= 0.3 is 0 Å². The largest absolute Gasteiger partial charge is 0.457 e. The minimum absolute atomic E-state index is 0.00603. The third-order valence-electron chi connectivity index (χ3n) is 12.0. The number of hydrogen-bond acceptors (Lipinski definition) is 10. The van der Waals surface area contributed by atoms with Crippen molar-refractivity contribution in [1.82, 2.24) is 0 Å². The Morgan fingerprint density at radius 3 is 0.500 bits per heavy atom. The zero-order valence-electron chi connectivity index (χ0n) is 32.0. The average Bonchev–Trinajstić information content (AvgIpc) is 3.21. The van der Waals surface area contributed by atoms with Gasteiger partial charge < -0.3 is 47.4 Å². The van der Waals surface area contributed by atoms with E-state index in [-0.39, 0.29) is 34.0 Å². The Hall–Kier alpha value is -3.50. The molecular formula is C45H35Br5O10. The molecule has 310 valence electrons. The Morgan fingerprint density at radius 1 is 0.250 bits per heavy atom. The van der Waals surface area contributed by atoms with E-state index in [1.54, 1.807) is 0 Å². The van der Waals surface area contributed by atoms with Gasteiger partial charge in [0.1, 0.15) is 57.5 Å². The van der Waals surface area contributed by atoms with E-state index in [1.807, 2.05) is 0 Å². The Bertz CT molecular complexity index is 2070. The molecular weight excluding hydrogens is 1100 g/mol. The second kappa shape index (κ2) is 16.0. The maximum atomic E-state index is 6.50. The van der Waals surface area contributed by atoms with E-state index in [0.717, 1.165) is 141 Å². The highest BCUT2D eigenvalue weighted by Crippen LogP contribution is 2.51. The highest BCUT2D eigenvalue weighted by Gasteiger charge is 2.34. The van der Waals surface area contributed by atoms with Gasteiger partial charge in [-0.2, -0.15) is 0 Å². The smallest absolute Gasteiger partial charge is 0.230 e. The summed E-state index contributed by atoms with van der Waals surface area (Å²) in [4.78, 5) is 0. The molecule has 0 fully saturated rings. The first-order valence-corrected chi connectivity index (χ1v) is 25.1. The maximum absolute atomic E-state index is 6.50. The molecule has 11 rings (SSSR count). The van der Waals surface area contributed by atoms with Crippen LogP contribution in [0.25, 0.3) is 0 Å². The molecule has 0 saturated carbocycles. The molecule has 0 N–H and O–H groups in total. The molecule has 6 aliphatic rings. The van der Waals surface area contributed by atoms with Crippen LogP contribution in [0.5, 0.6) is 57.5 Å². The summed E-state index contributed by atoms with van der Waals surface area (Å²) < 4.78 is 65.0. The predicted octanol–water partition coefficient (Wildman–Crippen LogP) is 11.1. The van der Waals surface area contributed by atoms with Crippen molar-refractivity contribution in [1.29, 1.82) is 0 Å². The van der Waals surface area contributed by atoms with Crippen molar-refractivity contribution in [3.8, 4) is 57.5 Å². The number of benzene rings is 5.